The summed E-state index contributed by atoms with van der Waals surface area (Å²) in [4.78, 5) is 16.3. The van der Waals surface area contributed by atoms with Crippen molar-refractivity contribution in [1.29, 1.82) is 0 Å². The number of nitrogens with zero attached hydrogens (tertiary/aromatic N) is 1. The molecule has 4 nitrogen and oxygen atoms in total. The molecule has 1 aromatic carbocycles. The van der Waals surface area contributed by atoms with Gasteiger partial charge in [-0.15, -0.1) is 0 Å². The van der Waals surface area contributed by atoms with Gasteiger partial charge < -0.3 is 14.5 Å². The van der Waals surface area contributed by atoms with Crippen molar-refractivity contribution in [2.24, 2.45) is 0 Å². The summed E-state index contributed by atoms with van der Waals surface area (Å²) in [6.45, 7) is 5.97. The van der Waals surface area contributed by atoms with Crippen molar-refractivity contribution in [3.63, 3.8) is 0 Å². The third-order valence-corrected chi connectivity index (χ3v) is 6.13. The normalized spacial score (nSPS) is 24.3. The lowest BCUT2D eigenvalue weighted by molar-refractivity contribution is -0.906. The number of benzene rings is 1. The standard InChI is InChI=1S/C21H30N2O2/c24-21(15-17-7-8-18-4-1-2-5-19(18)14-17)23-11-9-22(10-12-23)16-20-6-3-13-25-20/h7-8,14,20H,1-6,9-13,15-16H2/p+1/t20-/m1/s1. The maximum Gasteiger partial charge on any atom is 0.227 e. The molecule has 1 atom stereocenters. The minimum atomic E-state index is 0.298. The van der Waals surface area contributed by atoms with Gasteiger partial charge in [0.05, 0.1) is 32.6 Å². The largest absolute Gasteiger partial charge is 0.372 e. The van der Waals surface area contributed by atoms with Crippen molar-refractivity contribution in [3.05, 3.63) is 34.9 Å². The van der Waals surface area contributed by atoms with E-state index in [0.717, 1.165) is 39.3 Å². The van der Waals surface area contributed by atoms with Crippen LogP contribution in [0.4, 0.5) is 0 Å². The fraction of sp³-hybridized carbons (Fsp3) is 0.667. The Morgan fingerprint density at radius 1 is 1.12 bits per heavy atom. The number of piperazine rings is 1. The Morgan fingerprint density at radius 3 is 2.68 bits per heavy atom. The van der Waals surface area contributed by atoms with Crippen LogP contribution in [0.2, 0.25) is 0 Å². The highest BCUT2D eigenvalue weighted by atomic mass is 16.5. The van der Waals surface area contributed by atoms with Gasteiger partial charge in [0.25, 0.3) is 0 Å². The van der Waals surface area contributed by atoms with E-state index >= 15 is 0 Å². The molecule has 0 bridgehead atoms. The minimum Gasteiger partial charge on any atom is -0.372 e. The molecule has 0 saturated carbocycles. The van der Waals surface area contributed by atoms with Crippen LogP contribution in [0.25, 0.3) is 0 Å². The number of carbonyl (C=O) groups excluding carboxylic acids is 1. The first-order valence-electron chi connectivity index (χ1n) is 10.1. The van der Waals surface area contributed by atoms with Gasteiger partial charge >= 0.3 is 0 Å². The molecule has 2 saturated heterocycles. The number of rotatable bonds is 4. The van der Waals surface area contributed by atoms with Gasteiger partial charge in [0.2, 0.25) is 5.91 Å². The van der Waals surface area contributed by atoms with Crippen molar-refractivity contribution in [3.8, 4) is 0 Å². The summed E-state index contributed by atoms with van der Waals surface area (Å²) in [5, 5.41) is 0. The first kappa shape index (κ1) is 17.0. The van der Waals surface area contributed by atoms with Crippen LogP contribution in [0.1, 0.15) is 42.4 Å². The molecule has 2 heterocycles. The number of quaternary nitrogens is 1. The van der Waals surface area contributed by atoms with Crippen LogP contribution in [-0.2, 0) is 28.8 Å². The molecule has 1 aromatic rings. The van der Waals surface area contributed by atoms with Crippen LogP contribution in [0.5, 0.6) is 0 Å². The summed E-state index contributed by atoms with van der Waals surface area (Å²) in [6, 6.07) is 6.70. The summed E-state index contributed by atoms with van der Waals surface area (Å²) >= 11 is 0. The van der Waals surface area contributed by atoms with E-state index in [9.17, 15) is 4.79 Å². The topological polar surface area (TPSA) is 34.0 Å². The van der Waals surface area contributed by atoms with Crippen LogP contribution < -0.4 is 4.90 Å². The van der Waals surface area contributed by atoms with Gasteiger partial charge in [-0.25, -0.2) is 0 Å². The van der Waals surface area contributed by atoms with Crippen LogP contribution >= 0.6 is 0 Å². The molecule has 2 fully saturated rings. The van der Waals surface area contributed by atoms with Gasteiger partial charge in [-0.05, 0) is 55.2 Å². The van der Waals surface area contributed by atoms with E-state index in [1.165, 1.54) is 55.2 Å². The van der Waals surface area contributed by atoms with Crippen molar-refractivity contribution in [2.75, 3.05) is 39.3 Å². The Labute approximate surface area is 151 Å². The highest BCUT2D eigenvalue weighted by molar-refractivity contribution is 5.79. The third-order valence-electron chi connectivity index (χ3n) is 6.13. The summed E-state index contributed by atoms with van der Waals surface area (Å²) in [6.07, 6.45) is 8.43. The molecule has 0 unspecified atom stereocenters. The van der Waals surface area contributed by atoms with E-state index in [0.29, 0.717) is 18.4 Å². The van der Waals surface area contributed by atoms with Crippen LogP contribution in [0, 0.1) is 0 Å². The Hall–Kier alpha value is -1.39. The Kier molecular flexibility index (Phi) is 5.37. The second-order valence-electron chi connectivity index (χ2n) is 7.96. The highest BCUT2D eigenvalue weighted by Crippen LogP contribution is 2.22. The molecule has 25 heavy (non-hydrogen) atoms. The first-order valence-corrected chi connectivity index (χ1v) is 10.1. The minimum absolute atomic E-state index is 0.298. The molecular formula is C21H31N2O2+. The second kappa shape index (κ2) is 7.88. The molecule has 2 aliphatic heterocycles. The van der Waals surface area contributed by atoms with E-state index in [1.807, 2.05) is 0 Å². The third kappa shape index (κ3) is 4.24. The zero-order valence-electron chi connectivity index (χ0n) is 15.3. The van der Waals surface area contributed by atoms with Crippen LogP contribution in [-0.4, -0.2) is 56.2 Å². The molecule has 3 aliphatic rings. The van der Waals surface area contributed by atoms with Gasteiger partial charge in [-0.2, -0.15) is 0 Å². The van der Waals surface area contributed by atoms with E-state index in [4.69, 9.17) is 4.74 Å². The molecule has 0 spiro atoms. The highest BCUT2D eigenvalue weighted by Gasteiger charge is 2.27. The number of nitrogens with one attached hydrogen (secondary N) is 1. The molecule has 1 amide bonds. The molecule has 1 aliphatic carbocycles. The van der Waals surface area contributed by atoms with E-state index < -0.39 is 0 Å². The van der Waals surface area contributed by atoms with Gasteiger partial charge in [-0.1, -0.05) is 18.2 Å². The lowest BCUT2D eigenvalue weighted by Gasteiger charge is -2.33. The average molecular weight is 343 g/mol. The molecule has 0 aromatic heterocycles. The van der Waals surface area contributed by atoms with Crippen LogP contribution in [0.3, 0.4) is 0 Å². The monoisotopic (exact) mass is 343 g/mol. The summed E-state index contributed by atoms with van der Waals surface area (Å²) in [7, 11) is 0. The molecule has 0 radical (unpaired) electrons. The molecule has 136 valence electrons. The van der Waals surface area contributed by atoms with E-state index in [-0.39, 0.29) is 0 Å². The van der Waals surface area contributed by atoms with Crippen molar-refractivity contribution >= 4 is 5.91 Å². The SMILES string of the molecule is O=C(Cc1ccc2c(c1)CCCC2)N1CC[NH+](C[C@H]2CCCO2)CC1. The number of hydrogen-bond donors (Lipinski definition) is 1. The number of fused-ring (bicyclic) bond motifs is 1. The fourth-order valence-electron chi connectivity index (χ4n) is 4.59. The number of ether oxygens (including phenoxy) is 1. The number of hydrogen-bond acceptors (Lipinski definition) is 2. The smallest absolute Gasteiger partial charge is 0.227 e. The van der Waals surface area contributed by atoms with Gasteiger partial charge in [0.15, 0.2) is 0 Å². The quantitative estimate of drug-likeness (QED) is 0.885. The molecule has 1 N–H and O–H groups in total. The predicted octanol–water partition coefficient (Wildman–Crippen LogP) is 1.01. The molecule has 4 heteroatoms. The lowest BCUT2D eigenvalue weighted by Crippen LogP contribution is -3.15. The Bertz CT molecular complexity index is 602. The van der Waals surface area contributed by atoms with Crippen molar-refractivity contribution < 1.29 is 14.4 Å². The fourth-order valence-corrected chi connectivity index (χ4v) is 4.59. The Morgan fingerprint density at radius 2 is 1.92 bits per heavy atom. The number of amides is 1. The maximum atomic E-state index is 12.7. The zero-order chi connectivity index (χ0) is 17.1. The van der Waals surface area contributed by atoms with E-state index in [1.54, 1.807) is 4.90 Å². The number of carbonyl (C=O) groups is 1. The van der Waals surface area contributed by atoms with Gasteiger partial charge in [0.1, 0.15) is 12.6 Å². The average Bonchev–Trinajstić information content (AvgIpc) is 3.15. The Balaban J connectivity index is 1.27. The maximum absolute atomic E-state index is 12.7. The molecule has 4 rings (SSSR count). The first-order chi connectivity index (χ1) is 12.3. The van der Waals surface area contributed by atoms with Gasteiger partial charge in [0, 0.05) is 6.61 Å². The summed E-state index contributed by atoms with van der Waals surface area (Å²) < 4.78 is 5.75. The van der Waals surface area contributed by atoms with Crippen molar-refractivity contribution in [1.82, 2.24) is 4.90 Å². The number of aryl methyl sites for hydroxylation is 2. The van der Waals surface area contributed by atoms with Crippen LogP contribution in [0.15, 0.2) is 18.2 Å². The lowest BCUT2D eigenvalue weighted by atomic mass is 9.90. The predicted molar refractivity (Wildman–Crippen MR) is 97.9 cm³/mol. The van der Waals surface area contributed by atoms with Crippen molar-refractivity contribution in [2.45, 2.75) is 51.0 Å². The van der Waals surface area contributed by atoms with Gasteiger partial charge in [-0.3, -0.25) is 4.79 Å². The van der Waals surface area contributed by atoms with E-state index in [2.05, 4.69) is 23.1 Å². The summed E-state index contributed by atoms with van der Waals surface area (Å²) in [5.41, 5.74) is 4.16. The zero-order valence-corrected chi connectivity index (χ0v) is 15.3. The molecular weight excluding hydrogens is 312 g/mol. The second-order valence-corrected chi connectivity index (χ2v) is 7.96. The summed E-state index contributed by atoms with van der Waals surface area (Å²) in [5.74, 6) is 0.298.